The van der Waals surface area contributed by atoms with Crippen molar-refractivity contribution in [3.63, 3.8) is 0 Å². The van der Waals surface area contributed by atoms with Gasteiger partial charge in [-0.25, -0.2) is 17.5 Å². The molecule has 4 rings (SSSR count). The summed E-state index contributed by atoms with van der Waals surface area (Å²) in [5.74, 6) is -1.48. The van der Waals surface area contributed by atoms with Gasteiger partial charge < -0.3 is 15.4 Å². The van der Waals surface area contributed by atoms with Crippen molar-refractivity contribution in [1.29, 1.82) is 0 Å². The number of ether oxygens (including phenoxy) is 1. The van der Waals surface area contributed by atoms with Crippen LogP contribution in [0.5, 0.6) is 0 Å². The zero-order chi connectivity index (χ0) is 25.8. The van der Waals surface area contributed by atoms with E-state index in [-0.39, 0.29) is 16.9 Å². The lowest BCUT2D eigenvalue weighted by Crippen LogP contribution is -2.59. The molecule has 3 aromatic rings. The van der Waals surface area contributed by atoms with Gasteiger partial charge in [-0.2, -0.15) is 0 Å². The lowest BCUT2D eigenvalue weighted by atomic mass is 10.0. The molecule has 0 aromatic heterocycles. The minimum atomic E-state index is -3.76. The smallest absolute Gasteiger partial charge is 0.251 e. The summed E-state index contributed by atoms with van der Waals surface area (Å²) in [5, 5.41) is 5.43. The predicted molar refractivity (Wildman–Crippen MR) is 132 cm³/mol. The van der Waals surface area contributed by atoms with Gasteiger partial charge in [-0.15, -0.1) is 0 Å². The summed E-state index contributed by atoms with van der Waals surface area (Å²) < 4.78 is 46.2. The molecular formula is C26H26FN3O5S. The van der Waals surface area contributed by atoms with Crippen molar-refractivity contribution >= 4 is 27.5 Å². The molecule has 10 heteroatoms. The molecule has 0 unspecified atom stereocenters. The Labute approximate surface area is 208 Å². The zero-order valence-electron chi connectivity index (χ0n) is 19.5. The van der Waals surface area contributed by atoms with Gasteiger partial charge in [-0.1, -0.05) is 30.3 Å². The van der Waals surface area contributed by atoms with Crippen molar-refractivity contribution in [3.8, 4) is 0 Å². The topological polar surface area (TPSA) is 114 Å². The summed E-state index contributed by atoms with van der Waals surface area (Å²) in [6.45, 7) is 2.36. The molecule has 1 aliphatic rings. The number of hydrogen-bond donors (Lipinski definition) is 3. The maximum absolute atomic E-state index is 13.2. The molecule has 1 aliphatic heterocycles. The molecule has 1 saturated heterocycles. The van der Waals surface area contributed by atoms with E-state index >= 15 is 0 Å². The van der Waals surface area contributed by atoms with Crippen LogP contribution < -0.4 is 15.4 Å². The third kappa shape index (κ3) is 6.34. The molecule has 3 N–H and O–H groups in total. The minimum absolute atomic E-state index is 0.0547. The lowest BCUT2D eigenvalue weighted by Gasteiger charge is -2.38. The normalized spacial score (nSPS) is 15.4. The molecule has 0 saturated carbocycles. The monoisotopic (exact) mass is 511 g/mol. The first-order valence-electron chi connectivity index (χ1n) is 11.3. The molecule has 1 atom stereocenters. The van der Waals surface area contributed by atoms with Crippen LogP contribution in [0, 0.1) is 5.82 Å². The number of rotatable bonds is 9. The fourth-order valence-electron chi connectivity index (χ4n) is 3.70. The van der Waals surface area contributed by atoms with Crippen LogP contribution in [-0.4, -0.2) is 45.0 Å². The Bertz CT molecular complexity index is 1330. The number of carbonyl (C=O) groups is 2. The standard InChI is InChI=1S/C26H26FN3O5S/c1-26(16-35-17-26)30-36(33,34)22-13-11-21(12-14-22)28-25(32)23(15-18-5-3-2-4-6-18)29-24(31)19-7-9-20(27)10-8-19/h2-14,23,30H,15-17H2,1H3,(H,28,32)(H,29,31)/t23-/m0/s1. The van der Waals surface area contributed by atoms with E-state index in [4.69, 9.17) is 4.74 Å². The molecule has 3 aromatic carbocycles. The van der Waals surface area contributed by atoms with Crippen molar-refractivity contribution in [2.45, 2.75) is 29.8 Å². The molecule has 0 aliphatic carbocycles. The molecule has 0 bridgehead atoms. The Kier molecular flexibility index (Phi) is 7.48. The number of anilines is 1. The second-order valence-electron chi connectivity index (χ2n) is 8.90. The Hall–Kier alpha value is -3.60. The Morgan fingerprint density at radius 3 is 2.19 bits per heavy atom. The molecule has 36 heavy (non-hydrogen) atoms. The summed E-state index contributed by atoms with van der Waals surface area (Å²) >= 11 is 0. The minimum Gasteiger partial charge on any atom is -0.377 e. The number of hydrogen-bond acceptors (Lipinski definition) is 5. The van der Waals surface area contributed by atoms with Gasteiger partial charge in [0, 0.05) is 17.7 Å². The van der Waals surface area contributed by atoms with Crippen LogP contribution in [0.15, 0.2) is 83.8 Å². The van der Waals surface area contributed by atoms with Crippen molar-refractivity contribution in [3.05, 3.63) is 95.8 Å². The van der Waals surface area contributed by atoms with E-state index in [1.807, 2.05) is 30.3 Å². The van der Waals surface area contributed by atoms with Crippen LogP contribution >= 0.6 is 0 Å². The third-order valence-corrected chi connectivity index (χ3v) is 7.32. The average Bonchev–Trinajstić information content (AvgIpc) is 2.84. The van der Waals surface area contributed by atoms with Gasteiger partial charge in [0.1, 0.15) is 11.9 Å². The first-order chi connectivity index (χ1) is 17.1. The molecular weight excluding hydrogens is 485 g/mol. The third-order valence-electron chi connectivity index (χ3n) is 5.67. The Morgan fingerprint density at radius 2 is 1.61 bits per heavy atom. The van der Waals surface area contributed by atoms with Gasteiger partial charge >= 0.3 is 0 Å². The highest BCUT2D eigenvalue weighted by atomic mass is 32.2. The fraction of sp³-hybridized carbons (Fsp3) is 0.231. The van der Waals surface area contributed by atoms with Crippen LogP contribution in [0.1, 0.15) is 22.8 Å². The number of amides is 2. The van der Waals surface area contributed by atoms with Crippen LogP contribution in [0.4, 0.5) is 10.1 Å². The molecule has 1 heterocycles. The number of carbonyl (C=O) groups excluding carboxylic acids is 2. The molecule has 1 fully saturated rings. The highest BCUT2D eigenvalue weighted by molar-refractivity contribution is 7.89. The zero-order valence-corrected chi connectivity index (χ0v) is 20.3. The first kappa shape index (κ1) is 25.5. The van der Waals surface area contributed by atoms with E-state index in [0.717, 1.165) is 5.56 Å². The second kappa shape index (κ2) is 10.6. The number of benzene rings is 3. The van der Waals surface area contributed by atoms with E-state index < -0.39 is 39.2 Å². The van der Waals surface area contributed by atoms with Crippen LogP contribution in [0.2, 0.25) is 0 Å². The predicted octanol–water partition coefficient (Wildman–Crippen LogP) is 2.87. The van der Waals surface area contributed by atoms with E-state index in [0.29, 0.717) is 18.9 Å². The van der Waals surface area contributed by atoms with Crippen molar-refractivity contribution in [2.24, 2.45) is 0 Å². The van der Waals surface area contributed by atoms with Crippen LogP contribution in [-0.2, 0) is 26.0 Å². The summed E-state index contributed by atoms with van der Waals surface area (Å²) in [7, 11) is -3.76. The van der Waals surface area contributed by atoms with E-state index in [1.54, 1.807) is 6.92 Å². The molecule has 0 spiro atoms. The van der Waals surface area contributed by atoms with E-state index in [1.165, 1.54) is 48.5 Å². The highest BCUT2D eigenvalue weighted by Gasteiger charge is 2.37. The SMILES string of the molecule is CC1(NS(=O)(=O)c2ccc(NC(=O)[C@H](Cc3ccccc3)NC(=O)c3ccc(F)cc3)cc2)COC1. The number of sulfonamides is 1. The molecule has 0 radical (unpaired) electrons. The first-order valence-corrected chi connectivity index (χ1v) is 12.7. The lowest BCUT2D eigenvalue weighted by molar-refractivity contribution is -0.118. The quantitative estimate of drug-likeness (QED) is 0.409. The van der Waals surface area contributed by atoms with Gasteiger partial charge in [-0.3, -0.25) is 9.59 Å². The molecule has 188 valence electrons. The second-order valence-corrected chi connectivity index (χ2v) is 10.6. The maximum atomic E-state index is 13.2. The van der Waals surface area contributed by atoms with Crippen molar-refractivity contribution in [1.82, 2.24) is 10.0 Å². The van der Waals surface area contributed by atoms with Gasteiger partial charge in [0.15, 0.2) is 0 Å². The largest absolute Gasteiger partial charge is 0.377 e. The Balaban J connectivity index is 1.47. The van der Waals surface area contributed by atoms with Crippen LogP contribution in [0.3, 0.4) is 0 Å². The van der Waals surface area contributed by atoms with E-state index in [2.05, 4.69) is 15.4 Å². The highest BCUT2D eigenvalue weighted by Crippen LogP contribution is 2.21. The maximum Gasteiger partial charge on any atom is 0.251 e. The van der Waals surface area contributed by atoms with Gasteiger partial charge in [0.25, 0.3) is 5.91 Å². The molecule has 2 amide bonds. The average molecular weight is 512 g/mol. The number of halogens is 1. The molecule has 8 nitrogen and oxygen atoms in total. The van der Waals surface area contributed by atoms with E-state index in [9.17, 15) is 22.4 Å². The Morgan fingerprint density at radius 1 is 0.972 bits per heavy atom. The van der Waals surface area contributed by atoms with Crippen LogP contribution in [0.25, 0.3) is 0 Å². The van der Waals surface area contributed by atoms with Gasteiger partial charge in [0.2, 0.25) is 15.9 Å². The number of nitrogens with one attached hydrogen (secondary N) is 3. The van der Waals surface area contributed by atoms with Crippen molar-refractivity contribution < 1.29 is 27.1 Å². The summed E-state index contributed by atoms with van der Waals surface area (Å²) in [4.78, 5) is 25.9. The fourth-order valence-corrected chi connectivity index (χ4v) is 5.08. The summed E-state index contributed by atoms with van der Waals surface area (Å²) in [6.07, 6.45) is 0.219. The summed E-state index contributed by atoms with van der Waals surface area (Å²) in [6, 6.07) is 19.0. The van der Waals surface area contributed by atoms with Gasteiger partial charge in [-0.05, 0) is 61.0 Å². The van der Waals surface area contributed by atoms with Gasteiger partial charge in [0.05, 0.1) is 23.6 Å². The summed E-state index contributed by atoms with van der Waals surface area (Å²) in [5.41, 5.74) is 0.776. The van der Waals surface area contributed by atoms with Crippen molar-refractivity contribution in [2.75, 3.05) is 18.5 Å².